The standard InChI is InChI=1S/C23H27ClN4O6S/c1-22(2,21(31)32)35(33,34)23(9-10-23)13-28-11-8-16-17(26-27(3)18(16)20(28)30)19(29)25-12-14-4-6-15(24)7-5-14/h4-7H,8-13H2,1-3H3,(H,25,29)(H,31,32). The van der Waals surface area contributed by atoms with Gasteiger partial charge in [-0.05, 0) is 50.8 Å². The van der Waals surface area contributed by atoms with Gasteiger partial charge in [0.05, 0.1) is 4.75 Å². The zero-order valence-electron chi connectivity index (χ0n) is 19.7. The van der Waals surface area contributed by atoms with Crippen LogP contribution in [0.4, 0.5) is 0 Å². The molecule has 0 radical (unpaired) electrons. The first kappa shape index (κ1) is 25.2. The summed E-state index contributed by atoms with van der Waals surface area (Å²) < 4.78 is 24.5. The van der Waals surface area contributed by atoms with Crippen LogP contribution in [0.1, 0.15) is 58.8 Å². The molecule has 35 heavy (non-hydrogen) atoms. The predicted molar refractivity (Wildman–Crippen MR) is 128 cm³/mol. The monoisotopic (exact) mass is 522 g/mol. The minimum absolute atomic E-state index is 0.0897. The highest BCUT2D eigenvalue weighted by Gasteiger charge is 2.63. The quantitative estimate of drug-likeness (QED) is 0.539. The summed E-state index contributed by atoms with van der Waals surface area (Å²) in [5.41, 5.74) is 1.76. The van der Waals surface area contributed by atoms with Crippen molar-refractivity contribution in [3.8, 4) is 0 Å². The third-order valence-electron chi connectivity index (χ3n) is 6.89. The van der Waals surface area contributed by atoms with Crippen molar-refractivity contribution in [2.24, 2.45) is 7.05 Å². The van der Waals surface area contributed by atoms with Crippen molar-refractivity contribution >= 4 is 39.2 Å². The van der Waals surface area contributed by atoms with Gasteiger partial charge in [0, 0.05) is 37.3 Å². The normalized spacial score (nSPS) is 17.1. The Bertz CT molecular complexity index is 1310. The molecule has 2 aliphatic rings. The number of carboxylic acids is 1. The predicted octanol–water partition coefficient (Wildman–Crippen LogP) is 1.81. The lowest BCUT2D eigenvalue weighted by molar-refractivity contribution is -0.139. The average molecular weight is 523 g/mol. The number of carbonyl (C=O) groups is 3. The van der Waals surface area contributed by atoms with Crippen LogP contribution in [0, 0.1) is 0 Å². The van der Waals surface area contributed by atoms with Gasteiger partial charge in [-0.3, -0.25) is 19.1 Å². The molecule has 188 valence electrons. The number of aryl methyl sites for hydroxylation is 1. The van der Waals surface area contributed by atoms with Crippen LogP contribution in [0.3, 0.4) is 0 Å². The van der Waals surface area contributed by atoms with Crippen molar-refractivity contribution in [2.75, 3.05) is 13.1 Å². The van der Waals surface area contributed by atoms with Gasteiger partial charge in [0.1, 0.15) is 5.69 Å². The maximum absolute atomic E-state index is 13.3. The van der Waals surface area contributed by atoms with Gasteiger partial charge in [0.15, 0.2) is 20.3 Å². The van der Waals surface area contributed by atoms with Crippen molar-refractivity contribution in [1.29, 1.82) is 0 Å². The van der Waals surface area contributed by atoms with Crippen LogP contribution in [0.2, 0.25) is 5.02 Å². The van der Waals surface area contributed by atoms with E-state index in [9.17, 15) is 27.9 Å². The Morgan fingerprint density at radius 3 is 2.43 bits per heavy atom. The molecule has 1 aliphatic heterocycles. The van der Waals surface area contributed by atoms with E-state index in [4.69, 9.17) is 11.6 Å². The van der Waals surface area contributed by atoms with Crippen LogP contribution in [0.5, 0.6) is 0 Å². The minimum Gasteiger partial charge on any atom is -0.480 e. The van der Waals surface area contributed by atoms with Crippen molar-refractivity contribution in [3.63, 3.8) is 0 Å². The minimum atomic E-state index is -4.07. The summed E-state index contributed by atoms with van der Waals surface area (Å²) >= 11 is 5.89. The Labute approximate surface area is 208 Å². The second-order valence-corrected chi connectivity index (χ2v) is 12.9. The lowest BCUT2D eigenvalue weighted by Gasteiger charge is -2.33. The number of nitrogens with zero attached hydrogens (tertiary/aromatic N) is 3. The van der Waals surface area contributed by atoms with Crippen molar-refractivity contribution in [2.45, 2.75) is 49.1 Å². The molecule has 0 atom stereocenters. The maximum Gasteiger partial charge on any atom is 0.324 e. The number of amides is 2. The number of rotatable bonds is 8. The number of hydrogen-bond acceptors (Lipinski definition) is 6. The van der Waals surface area contributed by atoms with Crippen LogP contribution < -0.4 is 5.32 Å². The molecule has 0 saturated heterocycles. The van der Waals surface area contributed by atoms with E-state index < -0.39 is 37.1 Å². The molecule has 0 bridgehead atoms. The second kappa shape index (κ2) is 8.63. The third kappa shape index (κ3) is 4.20. The Morgan fingerprint density at radius 2 is 1.86 bits per heavy atom. The second-order valence-electron chi connectivity index (χ2n) is 9.59. The molecule has 10 nitrogen and oxygen atoms in total. The Hall–Kier alpha value is -2.92. The largest absolute Gasteiger partial charge is 0.480 e. The van der Waals surface area contributed by atoms with Crippen LogP contribution in [0.25, 0.3) is 0 Å². The smallest absolute Gasteiger partial charge is 0.324 e. The Kier molecular flexibility index (Phi) is 6.21. The Balaban J connectivity index is 1.52. The van der Waals surface area contributed by atoms with E-state index in [0.717, 1.165) is 5.56 Å². The van der Waals surface area contributed by atoms with E-state index in [1.54, 1.807) is 31.3 Å². The molecule has 2 amide bonds. The maximum atomic E-state index is 13.3. The number of aliphatic carboxylic acids is 1. The van der Waals surface area contributed by atoms with E-state index in [0.29, 0.717) is 29.8 Å². The fourth-order valence-corrected chi connectivity index (χ4v) is 6.83. The van der Waals surface area contributed by atoms with Gasteiger partial charge in [-0.2, -0.15) is 5.10 Å². The summed E-state index contributed by atoms with van der Waals surface area (Å²) in [4.78, 5) is 39.2. The van der Waals surface area contributed by atoms with E-state index >= 15 is 0 Å². The van der Waals surface area contributed by atoms with E-state index in [1.807, 2.05) is 0 Å². The fourth-order valence-electron chi connectivity index (χ4n) is 4.43. The van der Waals surface area contributed by atoms with Crippen LogP contribution in [-0.2, 0) is 34.6 Å². The fraction of sp³-hybridized carbons (Fsp3) is 0.478. The molecule has 12 heteroatoms. The number of hydrogen-bond donors (Lipinski definition) is 2. The molecule has 0 spiro atoms. The first-order valence-electron chi connectivity index (χ1n) is 11.2. The lowest BCUT2D eigenvalue weighted by atomic mass is 10.0. The van der Waals surface area contributed by atoms with Crippen molar-refractivity contribution in [1.82, 2.24) is 20.0 Å². The summed E-state index contributed by atoms with van der Waals surface area (Å²) in [5.74, 6) is -2.26. The van der Waals surface area contributed by atoms with Gasteiger partial charge in [-0.25, -0.2) is 8.42 Å². The zero-order chi connectivity index (χ0) is 25.8. The highest BCUT2D eigenvalue weighted by Crippen LogP contribution is 2.49. The summed E-state index contributed by atoms with van der Waals surface area (Å²) in [6, 6.07) is 7.04. The van der Waals surface area contributed by atoms with Gasteiger partial charge < -0.3 is 15.3 Å². The summed E-state index contributed by atoms with van der Waals surface area (Å²) in [6.45, 7) is 2.74. The van der Waals surface area contributed by atoms with E-state index in [2.05, 4.69) is 10.4 Å². The van der Waals surface area contributed by atoms with Crippen molar-refractivity contribution in [3.05, 3.63) is 51.8 Å². The van der Waals surface area contributed by atoms with Gasteiger partial charge in [-0.15, -0.1) is 0 Å². The van der Waals surface area contributed by atoms with E-state index in [-0.39, 0.29) is 31.0 Å². The third-order valence-corrected chi connectivity index (χ3v) is 10.3. The van der Waals surface area contributed by atoms with Crippen LogP contribution >= 0.6 is 11.6 Å². The number of halogens is 1. The SMILES string of the molecule is Cn1nc(C(=O)NCc2ccc(Cl)cc2)c2c1C(=O)N(CC1(S(=O)(=O)C(C)(C)C(=O)O)CC1)CC2. The topological polar surface area (TPSA) is 139 Å². The molecule has 2 heterocycles. The molecule has 1 aliphatic carbocycles. The molecular weight excluding hydrogens is 496 g/mol. The molecule has 2 N–H and O–H groups in total. The summed E-state index contributed by atoms with van der Waals surface area (Å²) in [6.07, 6.45) is 0.926. The number of nitrogens with one attached hydrogen (secondary N) is 1. The number of aromatic nitrogens is 2. The lowest BCUT2D eigenvalue weighted by Crippen LogP contribution is -2.53. The van der Waals surface area contributed by atoms with Gasteiger partial charge in [-0.1, -0.05) is 23.7 Å². The average Bonchev–Trinajstić information content (AvgIpc) is 3.51. The van der Waals surface area contributed by atoms with Gasteiger partial charge in [0.25, 0.3) is 11.8 Å². The first-order chi connectivity index (χ1) is 16.3. The molecule has 2 aromatic rings. The number of carbonyl (C=O) groups excluding carboxylic acids is 2. The van der Waals surface area contributed by atoms with Crippen LogP contribution in [0.15, 0.2) is 24.3 Å². The van der Waals surface area contributed by atoms with E-state index in [1.165, 1.54) is 23.4 Å². The molecular formula is C23H27ClN4O6S. The van der Waals surface area contributed by atoms with Crippen molar-refractivity contribution < 1.29 is 27.9 Å². The zero-order valence-corrected chi connectivity index (χ0v) is 21.2. The molecule has 1 aromatic carbocycles. The first-order valence-corrected chi connectivity index (χ1v) is 13.0. The highest BCUT2D eigenvalue weighted by atomic mass is 35.5. The number of fused-ring (bicyclic) bond motifs is 1. The van der Waals surface area contributed by atoms with Gasteiger partial charge >= 0.3 is 5.97 Å². The molecule has 4 rings (SSSR count). The molecule has 0 unspecified atom stereocenters. The number of carboxylic acid groups (broad SMARTS) is 1. The summed E-state index contributed by atoms with van der Waals surface area (Å²) in [7, 11) is -2.51. The van der Waals surface area contributed by atoms with Gasteiger partial charge in [0.2, 0.25) is 0 Å². The number of benzene rings is 1. The summed E-state index contributed by atoms with van der Waals surface area (Å²) in [5, 5.41) is 17.1. The molecule has 1 fully saturated rings. The van der Waals surface area contributed by atoms with Crippen LogP contribution in [-0.4, -0.2) is 68.6 Å². The molecule has 1 saturated carbocycles. The highest BCUT2D eigenvalue weighted by molar-refractivity contribution is 7.95. The molecule has 1 aromatic heterocycles. The number of sulfone groups is 1. The Morgan fingerprint density at radius 1 is 1.23 bits per heavy atom.